The van der Waals surface area contributed by atoms with Crippen molar-refractivity contribution in [2.45, 2.75) is 50.3 Å². The minimum absolute atomic E-state index is 0.0222. The zero-order valence-corrected chi connectivity index (χ0v) is 10.5. The molecule has 2 N–H and O–H groups in total. The summed E-state index contributed by atoms with van der Waals surface area (Å²) in [5, 5.41) is 22.4. The lowest BCUT2D eigenvalue weighted by Gasteiger charge is -2.31. The molecule has 1 aliphatic rings. The minimum Gasteiger partial charge on any atom is -0.392 e. The van der Waals surface area contributed by atoms with Crippen molar-refractivity contribution in [2.75, 3.05) is 0 Å². The quantitative estimate of drug-likeness (QED) is 0.855. The van der Waals surface area contributed by atoms with Gasteiger partial charge >= 0.3 is 0 Å². The molecule has 1 fully saturated rings. The summed E-state index contributed by atoms with van der Waals surface area (Å²) in [6, 6.07) is 12.4. The third-order valence-corrected chi connectivity index (χ3v) is 3.64. The van der Waals surface area contributed by atoms with Crippen molar-refractivity contribution in [3.63, 3.8) is 0 Å². The van der Waals surface area contributed by atoms with Crippen LogP contribution in [0.2, 0.25) is 0 Å². The maximum Gasteiger partial charge on any atom is 0.0693 e. The number of hydrogen-bond acceptors (Lipinski definition) is 3. The van der Waals surface area contributed by atoms with Gasteiger partial charge in [-0.05, 0) is 18.4 Å². The Morgan fingerprint density at radius 3 is 2.67 bits per heavy atom. The number of nitrogens with one attached hydrogen (secondary N) is 1. The van der Waals surface area contributed by atoms with Gasteiger partial charge in [0.2, 0.25) is 0 Å². The van der Waals surface area contributed by atoms with Crippen LogP contribution in [0, 0.1) is 11.3 Å². The molecular weight excluding hydrogens is 224 g/mol. The molecule has 0 radical (unpaired) electrons. The molecule has 0 amide bonds. The number of nitrogens with zero attached hydrogens (tertiary/aromatic N) is 1. The smallest absolute Gasteiger partial charge is 0.0693 e. The summed E-state index contributed by atoms with van der Waals surface area (Å²) in [6.45, 7) is 0. The molecule has 96 valence electrons. The largest absolute Gasteiger partial charge is 0.392 e. The predicted molar refractivity (Wildman–Crippen MR) is 70.8 cm³/mol. The van der Waals surface area contributed by atoms with E-state index in [9.17, 15) is 5.11 Å². The topological polar surface area (TPSA) is 56.0 Å². The SMILES string of the molecule is N#CCC(NC1CCCCC1O)c1ccccc1. The third kappa shape index (κ3) is 3.32. The molecule has 0 bridgehead atoms. The second-order valence-corrected chi connectivity index (χ2v) is 4.95. The van der Waals surface area contributed by atoms with Gasteiger partial charge in [0.15, 0.2) is 0 Å². The molecule has 0 spiro atoms. The molecule has 2 rings (SSSR count). The normalized spacial score (nSPS) is 25.3. The number of benzene rings is 1. The van der Waals surface area contributed by atoms with Crippen LogP contribution in [0.15, 0.2) is 30.3 Å². The molecule has 3 atom stereocenters. The molecule has 3 nitrogen and oxygen atoms in total. The number of hydrogen-bond donors (Lipinski definition) is 2. The Labute approximate surface area is 108 Å². The summed E-state index contributed by atoms with van der Waals surface area (Å²) < 4.78 is 0. The van der Waals surface area contributed by atoms with Gasteiger partial charge in [-0.3, -0.25) is 0 Å². The van der Waals surface area contributed by atoms with Crippen LogP contribution in [0.25, 0.3) is 0 Å². The van der Waals surface area contributed by atoms with E-state index in [1.165, 1.54) is 0 Å². The maximum atomic E-state index is 9.99. The van der Waals surface area contributed by atoms with Crippen LogP contribution in [0.5, 0.6) is 0 Å². The Morgan fingerprint density at radius 1 is 1.28 bits per heavy atom. The molecule has 0 heterocycles. The van der Waals surface area contributed by atoms with E-state index < -0.39 is 0 Å². The number of aliphatic hydroxyl groups is 1. The average Bonchev–Trinajstić information content (AvgIpc) is 2.42. The van der Waals surface area contributed by atoms with Crippen LogP contribution in [0.4, 0.5) is 0 Å². The standard InChI is InChI=1S/C15H20N2O/c16-11-10-13(12-6-2-1-3-7-12)17-14-8-4-5-9-15(14)18/h1-3,6-7,13-15,17-18H,4-5,8-10H2. The summed E-state index contributed by atoms with van der Waals surface area (Å²) in [7, 11) is 0. The minimum atomic E-state index is -0.274. The van der Waals surface area contributed by atoms with Gasteiger partial charge in [-0.1, -0.05) is 43.2 Å². The van der Waals surface area contributed by atoms with Crippen LogP contribution >= 0.6 is 0 Å². The predicted octanol–water partition coefficient (Wildman–Crippen LogP) is 2.53. The highest BCUT2D eigenvalue weighted by molar-refractivity contribution is 5.20. The van der Waals surface area contributed by atoms with Crippen LogP contribution in [-0.4, -0.2) is 17.3 Å². The first-order chi connectivity index (χ1) is 8.81. The van der Waals surface area contributed by atoms with Crippen LogP contribution in [0.3, 0.4) is 0 Å². The lowest BCUT2D eigenvalue weighted by Crippen LogP contribution is -2.43. The lowest BCUT2D eigenvalue weighted by molar-refractivity contribution is 0.0850. The molecule has 18 heavy (non-hydrogen) atoms. The van der Waals surface area contributed by atoms with Gasteiger partial charge in [-0.15, -0.1) is 0 Å². The highest BCUT2D eigenvalue weighted by Crippen LogP contribution is 2.23. The second kappa shape index (κ2) is 6.53. The van der Waals surface area contributed by atoms with Crippen LogP contribution < -0.4 is 5.32 Å². The van der Waals surface area contributed by atoms with E-state index in [1.54, 1.807) is 0 Å². The highest BCUT2D eigenvalue weighted by atomic mass is 16.3. The van der Waals surface area contributed by atoms with E-state index in [0.717, 1.165) is 31.2 Å². The molecule has 3 unspecified atom stereocenters. The van der Waals surface area contributed by atoms with E-state index in [-0.39, 0.29) is 18.2 Å². The Hall–Kier alpha value is -1.37. The van der Waals surface area contributed by atoms with Gasteiger partial charge in [-0.25, -0.2) is 0 Å². The highest BCUT2D eigenvalue weighted by Gasteiger charge is 2.25. The zero-order chi connectivity index (χ0) is 12.8. The number of nitriles is 1. The van der Waals surface area contributed by atoms with Gasteiger partial charge in [0.25, 0.3) is 0 Å². The molecule has 1 aromatic carbocycles. The van der Waals surface area contributed by atoms with Crippen molar-refractivity contribution in [3.8, 4) is 6.07 Å². The lowest BCUT2D eigenvalue weighted by atomic mass is 9.91. The first-order valence-corrected chi connectivity index (χ1v) is 6.67. The molecule has 0 aliphatic heterocycles. The average molecular weight is 244 g/mol. The van der Waals surface area contributed by atoms with Crippen molar-refractivity contribution in [3.05, 3.63) is 35.9 Å². The number of aliphatic hydroxyl groups excluding tert-OH is 1. The molecule has 3 heteroatoms. The van der Waals surface area contributed by atoms with E-state index >= 15 is 0 Å². The van der Waals surface area contributed by atoms with E-state index in [0.29, 0.717) is 6.42 Å². The van der Waals surface area contributed by atoms with Crippen molar-refractivity contribution in [1.82, 2.24) is 5.32 Å². The monoisotopic (exact) mass is 244 g/mol. The van der Waals surface area contributed by atoms with Crippen molar-refractivity contribution in [1.29, 1.82) is 5.26 Å². The van der Waals surface area contributed by atoms with Crippen LogP contribution in [0.1, 0.15) is 43.7 Å². The van der Waals surface area contributed by atoms with E-state index in [1.807, 2.05) is 30.3 Å². The fraction of sp³-hybridized carbons (Fsp3) is 0.533. The molecular formula is C15H20N2O. The van der Waals surface area contributed by atoms with Gasteiger partial charge in [0, 0.05) is 12.1 Å². The molecule has 1 aliphatic carbocycles. The summed E-state index contributed by atoms with van der Waals surface area (Å²) >= 11 is 0. The van der Waals surface area contributed by atoms with Gasteiger partial charge in [-0.2, -0.15) is 5.26 Å². The summed E-state index contributed by atoms with van der Waals surface area (Å²) in [6.07, 6.45) is 4.29. The Bertz CT molecular complexity index is 399. The fourth-order valence-electron chi connectivity index (χ4n) is 2.61. The number of rotatable bonds is 4. The van der Waals surface area contributed by atoms with Crippen LogP contribution in [-0.2, 0) is 0 Å². The summed E-state index contributed by atoms with van der Waals surface area (Å²) in [5.41, 5.74) is 1.12. The second-order valence-electron chi connectivity index (χ2n) is 4.95. The van der Waals surface area contributed by atoms with Crippen molar-refractivity contribution >= 4 is 0 Å². The fourth-order valence-corrected chi connectivity index (χ4v) is 2.61. The zero-order valence-electron chi connectivity index (χ0n) is 10.5. The van der Waals surface area contributed by atoms with E-state index in [2.05, 4.69) is 11.4 Å². The van der Waals surface area contributed by atoms with E-state index in [4.69, 9.17) is 5.26 Å². The maximum absolute atomic E-state index is 9.99. The van der Waals surface area contributed by atoms with Gasteiger partial charge < -0.3 is 10.4 Å². The molecule has 1 aromatic rings. The molecule has 1 saturated carbocycles. The Kier molecular flexibility index (Phi) is 4.74. The Balaban J connectivity index is 2.04. The van der Waals surface area contributed by atoms with Gasteiger partial charge in [0.05, 0.1) is 18.6 Å². The van der Waals surface area contributed by atoms with Gasteiger partial charge in [0.1, 0.15) is 0 Å². The molecule has 0 saturated heterocycles. The Morgan fingerprint density at radius 2 is 2.00 bits per heavy atom. The van der Waals surface area contributed by atoms with Crippen molar-refractivity contribution in [2.24, 2.45) is 0 Å². The first kappa shape index (κ1) is 13.1. The summed E-state index contributed by atoms with van der Waals surface area (Å²) in [4.78, 5) is 0. The van der Waals surface area contributed by atoms with Crippen molar-refractivity contribution < 1.29 is 5.11 Å². The summed E-state index contributed by atoms with van der Waals surface area (Å²) in [5.74, 6) is 0. The molecule has 0 aromatic heterocycles. The first-order valence-electron chi connectivity index (χ1n) is 6.67. The third-order valence-electron chi connectivity index (χ3n) is 3.64.